The average Bonchev–Trinajstić information content (AvgIpc) is 2.53. The van der Waals surface area contributed by atoms with Crippen LogP contribution in [-0.4, -0.2) is 20.8 Å². The Balaban J connectivity index is 1.78. The third-order valence-corrected chi connectivity index (χ3v) is 7.68. The lowest BCUT2D eigenvalue weighted by molar-refractivity contribution is 0.216. The summed E-state index contributed by atoms with van der Waals surface area (Å²) in [5.74, 6) is 1.48. The van der Waals surface area contributed by atoms with Gasteiger partial charge in [-0.15, -0.1) is 33.2 Å². The van der Waals surface area contributed by atoms with Gasteiger partial charge in [-0.2, -0.15) is 0 Å². The van der Waals surface area contributed by atoms with E-state index in [0.29, 0.717) is 12.4 Å². The number of halogens is 3. The minimum absolute atomic E-state index is 0.120. The second kappa shape index (κ2) is 6.66. The molecule has 1 aliphatic rings. The van der Waals surface area contributed by atoms with Crippen molar-refractivity contribution in [2.45, 2.75) is 13.2 Å². The smallest absolute Gasteiger partial charge is 0.430 e. The van der Waals surface area contributed by atoms with E-state index in [9.17, 15) is 0 Å². The molecule has 1 heterocycles. The van der Waals surface area contributed by atoms with E-state index >= 15 is 0 Å². The first-order chi connectivity index (χ1) is 10.9. The predicted octanol–water partition coefficient (Wildman–Crippen LogP) is 4.15. The fourth-order valence-electron chi connectivity index (χ4n) is 2.36. The third-order valence-electron chi connectivity index (χ3n) is 3.54. The van der Waals surface area contributed by atoms with Gasteiger partial charge in [0.15, 0.2) is 0 Å². The molecule has 0 radical (unpaired) electrons. The molecule has 2 aromatic carbocycles. The summed E-state index contributed by atoms with van der Waals surface area (Å²) < 4.78 is 17.8. The molecule has 1 unspecified atom stereocenters. The molecule has 0 aromatic heterocycles. The van der Waals surface area contributed by atoms with E-state index in [0.717, 1.165) is 16.5 Å². The Morgan fingerprint density at radius 3 is 2.57 bits per heavy atom. The monoisotopic (exact) mass is 404 g/mol. The maximum Gasteiger partial charge on any atom is 0.430 e. The maximum absolute atomic E-state index is 6.20. The molecule has 0 fully saturated rings. The molecule has 23 heavy (non-hydrogen) atoms. The van der Waals surface area contributed by atoms with Crippen LogP contribution in [0.25, 0.3) is 0 Å². The maximum atomic E-state index is 6.20. The second-order valence-corrected chi connectivity index (χ2v) is 17.4. The lowest BCUT2D eigenvalue weighted by atomic mass is 10.2. The van der Waals surface area contributed by atoms with E-state index < -0.39 is 14.6 Å². The normalized spacial score (nSPS) is 20.5. The van der Waals surface area contributed by atoms with Crippen molar-refractivity contribution in [3.63, 3.8) is 0 Å². The van der Waals surface area contributed by atoms with Gasteiger partial charge < -0.3 is 13.6 Å². The minimum Gasteiger partial charge on any atom is -0.517 e. The number of rotatable bonds is 4. The molecule has 8 heteroatoms. The highest BCUT2D eigenvalue weighted by Gasteiger charge is 2.40. The van der Waals surface area contributed by atoms with E-state index in [-0.39, 0.29) is 6.23 Å². The molecule has 2 aromatic rings. The first kappa shape index (κ1) is 17.1. The third kappa shape index (κ3) is 4.23. The number of fused-ring (bicyclic) bond motifs is 1. The highest BCUT2D eigenvalue weighted by Crippen LogP contribution is 2.32. The van der Waals surface area contributed by atoms with Gasteiger partial charge in [0.1, 0.15) is 17.7 Å². The highest BCUT2D eigenvalue weighted by atomic mass is 35.8. The van der Waals surface area contributed by atoms with Crippen LogP contribution in [0.4, 0.5) is 0 Å². The van der Waals surface area contributed by atoms with Gasteiger partial charge in [-0.3, -0.25) is 0 Å². The van der Waals surface area contributed by atoms with Crippen molar-refractivity contribution >= 4 is 53.0 Å². The van der Waals surface area contributed by atoms with Crippen LogP contribution in [0.5, 0.6) is 11.5 Å². The molecule has 3 nitrogen and oxygen atoms in total. The number of ether oxygens (including phenoxy) is 1. The Kier molecular flexibility index (Phi) is 4.97. The standard InChI is InChI=1S/C15H15Cl3O3Si2/c1-22(14-5-3-2-4-6-14)20-10-12-9-13(7-8-15(12)21-22)19-11-23(16,17)18/h2-9H,10-11H2,1H3. The predicted molar refractivity (Wildman–Crippen MR) is 98.4 cm³/mol. The minimum atomic E-state index is -2.80. The molecule has 0 spiro atoms. The Bertz CT molecular complexity index is 694. The number of benzene rings is 2. The Morgan fingerprint density at radius 1 is 1.13 bits per heavy atom. The van der Waals surface area contributed by atoms with E-state index in [4.69, 9.17) is 46.8 Å². The molecule has 3 rings (SSSR count). The van der Waals surface area contributed by atoms with Crippen molar-refractivity contribution in [1.82, 2.24) is 0 Å². The molecule has 0 bridgehead atoms. The summed E-state index contributed by atoms with van der Waals surface area (Å²) in [6.07, 6.45) is 0.120. The number of hydrogen-bond acceptors (Lipinski definition) is 3. The van der Waals surface area contributed by atoms with Crippen LogP contribution >= 0.6 is 33.2 Å². The first-order valence-electron chi connectivity index (χ1n) is 7.07. The summed E-state index contributed by atoms with van der Waals surface area (Å²) in [4.78, 5) is 0. The van der Waals surface area contributed by atoms with Gasteiger partial charge in [-0.05, 0) is 24.7 Å². The largest absolute Gasteiger partial charge is 0.517 e. The van der Waals surface area contributed by atoms with E-state index in [1.807, 2.05) is 55.1 Å². The molecule has 0 aliphatic carbocycles. The van der Waals surface area contributed by atoms with Crippen LogP contribution in [-0.2, 0) is 11.0 Å². The van der Waals surface area contributed by atoms with Crippen molar-refractivity contribution < 1.29 is 13.6 Å². The molecule has 1 atom stereocenters. The second-order valence-electron chi connectivity index (χ2n) is 5.38. The summed E-state index contributed by atoms with van der Waals surface area (Å²) in [5, 5.41) is 1.10. The van der Waals surface area contributed by atoms with Gasteiger partial charge in [-0.25, -0.2) is 0 Å². The van der Waals surface area contributed by atoms with E-state index in [2.05, 4.69) is 0 Å². The van der Waals surface area contributed by atoms with Crippen molar-refractivity contribution in [2.24, 2.45) is 0 Å². The molecular weight excluding hydrogens is 391 g/mol. The van der Waals surface area contributed by atoms with E-state index in [1.165, 1.54) is 0 Å². The van der Waals surface area contributed by atoms with Gasteiger partial charge in [0, 0.05) is 10.8 Å². The van der Waals surface area contributed by atoms with Crippen LogP contribution in [0.1, 0.15) is 5.56 Å². The van der Waals surface area contributed by atoms with Crippen LogP contribution in [0, 0.1) is 0 Å². The van der Waals surface area contributed by atoms with Gasteiger partial charge in [0.25, 0.3) is 0 Å². The topological polar surface area (TPSA) is 27.7 Å². The van der Waals surface area contributed by atoms with Crippen molar-refractivity contribution in [1.29, 1.82) is 0 Å². The van der Waals surface area contributed by atoms with Crippen LogP contribution in [0.15, 0.2) is 48.5 Å². The zero-order chi connectivity index (χ0) is 16.5. The molecule has 0 amide bonds. The first-order valence-corrected chi connectivity index (χ1v) is 14.6. The van der Waals surface area contributed by atoms with Crippen molar-refractivity contribution in [2.75, 3.05) is 6.23 Å². The van der Waals surface area contributed by atoms with Gasteiger partial charge in [-0.1, -0.05) is 30.3 Å². The fourth-order valence-corrected chi connectivity index (χ4v) is 5.37. The van der Waals surface area contributed by atoms with Crippen LogP contribution in [0.2, 0.25) is 6.55 Å². The molecule has 0 N–H and O–H groups in total. The lowest BCUT2D eigenvalue weighted by Gasteiger charge is -2.33. The average molecular weight is 406 g/mol. The molecule has 0 saturated heterocycles. The van der Waals surface area contributed by atoms with Gasteiger partial charge in [0.2, 0.25) is 0 Å². The quantitative estimate of drug-likeness (QED) is 0.565. The fraction of sp³-hybridized carbons (Fsp3) is 0.200. The molecule has 1 aliphatic heterocycles. The summed E-state index contributed by atoms with van der Waals surface area (Å²) in [6.45, 7) is 2.53. The van der Waals surface area contributed by atoms with Gasteiger partial charge >= 0.3 is 14.6 Å². The van der Waals surface area contributed by atoms with Crippen molar-refractivity contribution in [3.8, 4) is 11.5 Å². The Hall–Kier alpha value is -0.696. The summed E-state index contributed by atoms with van der Waals surface area (Å²) in [7, 11) is -2.43. The van der Waals surface area contributed by atoms with Crippen molar-refractivity contribution in [3.05, 3.63) is 54.1 Å². The highest BCUT2D eigenvalue weighted by molar-refractivity contribution is 7.64. The lowest BCUT2D eigenvalue weighted by Crippen LogP contribution is -2.55. The van der Waals surface area contributed by atoms with E-state index in [1.54, 1.807) is 0 Å². The Labute approximate surface area is 151 Å². The molecule has 0 saturated carbocycles. The molecule has 122 valence electrons. The summed E-state index contributed by atoms with van der Waals surface area (Å²) in [6, 6.07) is 12.8. The summed E-state index contributed by atoms with van der Waals surface area (Å²) >= 11 is 17.5. The molecular formula is C15H15Cl3O3Si2. The Morgan fingerprint density at radius 2 is 1.87 bits per heavy atom. The van der Waals surface area contributed by atoms with Crippen LogP contribution < -0.4 is 14.3 Å². The SMILES string of the molecule is C[Si]1(c2ccccc2)OCc2cc(OC[Si](Cl)(Cl)Cl)ccc2O1. The zero-order valence-electron chi connectivity index (χ0n) is 12.4. The zero-order valence-corrected chi connectivity index (χ0v) is 16.7. The van der Waals surface area contributed by atoms with Crippen LogP contribution in [0.3, 0.4) is 0 Å². The number of hydrogen-bond donors (Lipinski definition) is 0. The van der Waals surface area contributed by atoms with Gasteiger partial charge in [0.05, 0.1) is 6.61 Å². The summed E-state index contributed by atoms with van der Waals surface area (Å²) in [5.41, 5.74) is 0.939.